The smallest absolute Gasteiger partial charge is 0.748 e. The molecule has 0 heterocycles. The Morgan fingerprint density at radius 2 is 0.923 bits per heavy atom. The van der Waals surface area contributed by atoms with Crippen LogP contribution in [0.2, 0.25) is 0 Å². The van der Waals surface area contributed by atoms with E-state index in [0.717, 1.165) is 0 Å². The van der Waals surface area contributed by atoms with Crippen molar-refractivity contribution < 1.29 is 53.2 Å². The Balaban J connectivity index is -0.000000143. The van der Waals surface area contributed by atoms with Crippen molar-refractivity contribution >= 4 is 20.2 Å². The van der Waals surface area contributed by atoms with Crippen LogP contribution in [0.4, 0.5) is 0 Å². The van der Waals surface area contributed by atoms with Crippen LogP contribution in [-0.2, 0) is 47.5 Å². The van der Waals surface area contributed by atoms with E-state index < -0.39 is 20.2 Å². The van der Waals surface area contributed by atoms with Crippen molar-refractivity contribution in [3.63, 3.8) is 0 Å². The van der Waals surface area contributed by atoms with Crippen molar-refractivity contribution in [2.24, 2.45) is 0 Å². The molecule has 0 aliphatic rings. The molecule has 13 heavy (non-hydrogen) atoms. The fourth-order valence-corrected chi connectivity index (χ4v) is 0. The van der Waals surface area contributed by atoms with Gasteiger partial charge in [-0.05, 0) is 0 Å². The molecule has 6 nitrogen and oxygen atoms in total. The Morgan fingerprint density at radius 3 is 0.923 bits per heavy atom. The Morgan fingerprint density at radius 1 is 0.846 bits per heavy atom. The predicted octanol–water partition coefficient (Wildman–Crippen LogP) is -0.899. The van der Waals surface area contributed by atoms with Gasteiger partial charge in [-0.15, -0.1) is 0 Å². The summed E-state index contributed by atoms with van der Waals surface area (Å²) >= 11 is 0. The largest absolute Gasteiger partial charge is 2.00 e. The molecule has 0 amide bonds. The fourth-order valence-electron chi connectivity index (χ4n) is 0. The van der Waals surface area contributed by atoms with E-state index in [1.807, 2.05) is 0 Å². The molecular weight excluding hydrogens is 321 g/mol. The van der Waals surface area contributed by atoms with Gasteiger partial charge in [0.05, 0.1) is 20.2 Å². The van der Waals surface area contributed by atoms with E-state index in [1.54, 1.807) is 0 Å². The number of hydrogen-bond donors (Lipinski definition) is 0. The van der Waals surface area contributed by atoms with Crippen LogP contribution in [-0.4, -0.2) is 37.4 Å². The summed E-state index contributed by atoms with van der Waals surface area (Å²) < 4.78 is 56.7. The van der Waals surface area contributed by atoms with E-state index >= 15 is 0 Å². The topological polar surface area (TPSA) is 114 Å². The van der Waals surface area contributed by atoms with Crippen molar-refractivity contribution in [2.75, 3.05) is 11.5 Å². The Kier molecular flexibility index (Phi) is 12.0. The standard InChI is InChI=1S/2C2H6O3S.Cd/c2*1-2-6(3,4)5;/h2*2H2,1H3,(H,3,4,5);/q;;+2/p-2. The van der Waals surface area contributed by atoms with Crippen molar-refractivity contribution in [2.45, 2.75) is 13.8 Å². The molecule has 76 valence electrons. The summed E-state index contributed by atoms with van der Waals surface area (Å²) in [5, 5.41) is 0. The van der Waals surface area contributed by atoms with E-state index in [1.165, 1.54) is 13.8 Å². The molecule has 0 fully saturated rings. The summed E-state index contributed by atoms with van der Waals surface area (Å²) in [4.78, 5) is 0. The Bertz CT molecular complexity index is 259. The molecular formula is C4H10CdO6S2. The van der Waals surface area contributed by atoms with Crippen LogP contribution in [0.3, 0.4) is 0 Å². The maximum atomic E-state index is 9.44. The molecule has 9 heteroatoms. The predicted molar refractivity (Wildman–Crippen MR) is 40.5 cm³/mol. The minimum absolute atomic E-state index is 0. The summed E-state index contributed by atoms with van der Waals surface area (Å²) in [5.41, 5.74) is 0. The molecule has 0 atom stereocenters. The van der Waals surface area contributed by atoms with E-state index in [-0.39, 0.29) is 38.8 Å². The van der Waals surface area contributed by atoms with Gasteiger partial charge in [0.15, 0.2) is 0 Å². The molecule has 0 aromatic heterocycles. The normalized spacial score (nSPS) is 10.8. The van der Waals surface area contributed by atoms with Gasteiger partial charge >= 0.3 is 27.3 Å². The molecule has 0 radical (unpaired) electrons. The molecule has 0 bridgehead atoms. The monoisotopic (exact) mass is 332 g/mol. The van der Waals surface area contributed by atoms with Gasteiger partial charge in [-0.1, -0.05) is 13.8 Å². The van der Waals surface area contributed by atoms with E-state index in [2.05, 4.69) is 0 Å². The molecule has 0 aromatic rings. The number of hydrogen-bond acceptors (Lipinski definition) is 6. The molecule has 0 rings (SSSR count). The van der Waals surface area contributed by atoms with Crippen molar-refractivity contribution in [1.29, 1.82) is 0 Å². The van der Waals surface area contributed by atoms with E-state index in [0.29, 0.717) is 0 Å². The third kappa shape index (κ3) is 32.3. The van der Waals surface area contributed by atoms with Gasteiger partial charge in [-0.3, -0.25) is 0 Å². The average Bonchev–Trinajstić information content (AvgIpc) is 1.86. The van der Waals surface area contributed by atoms with Crippen molar-refractivity contribution in [3.05, 3.63) is 0 Å². The summed E-state index contributed by atoms with van der Waals surface area (Å²) in [5.74, 6) is -0.625. The molecule has 0 saturated carbocycles. The van der Waals surface area contributed by atoms with Crippen molar-refractivity contribution in [3.8, 4) is 0 Å². The van der Waals surface area contributed by atoms with Crippen molar-refractivity contribution in [1.82, 2.24) is 0 Å². The van der Waals surface area contributed by atoms with Crippen LogP contribution >= 0.6 is 0 Å². The van der Waals surface area contributed by atoms with Gasteiger partial charge < -0.3 is 9.11 Å². The van der Waals surface area contributed by atoms with Crippen LogP contribution in [0, 0.1) is 0 Å². The third-order valence-electron chi connectivity index (χ3n) is 0.707. The molecule has 0 N–H and O–H groups in total. The molecule has 0 saturated heterocycles. The van der Waals surface area contributed by atoms with Gasteiger partial charge in [0.25, 0.3) is 0 Å². The van der Waals surface area contributed by atoms with Crippen LogP contribution in [0.5, 0.6) is 0 Å². The van der Waals surface area contributed by atoms with Gasteiger partial charge in [0.1, 0.15) is 0 Å². The van der Waals surface area contributed by atoms with Crippen LogP contribution in [0.15, 0.2) is 0 Å². The van der Waals surface area contributed by atoms with Gasteiger partial charge in [-0.25, -0.2) is 16.8 Å². The summed E-state index contributed by atoms with van der Waals surface area (Å²) in [6.45, 7) is 2.62. The molecule has 0 aromatic carbocycles. The molecule has 0 aliphatic carbocycles. The quantitative estimate of drug-likeness (QED) is 0.479. The summed E-state index contributed by atoms with van der Waals surface area (Å²) in [6.07, 6.45) is 0. The van der Waals surface area contributed by atoms with E-state index in [4.69, 9.17) is 0 Å². The van der Waals surface area contributed by atoms with Gasteiger partial charge in [0, 0.05) is 11.5 Å². The van der Waals surface area contributed by atoms with Crippen LogP contribution < -0.4 is 0 Å². The second kappa shape index (κ2) is 8.08. The van der Waals surface area contributed by atoms with E-state index in [9.17, 15) is 25.9 Å². The minimum Gasteiger partial charge on any atom is -0.748 e. The second-order valence-electron chi connectivity index (χ2n) is 1.69. The van der Waals surface area contributed by atoms with Crippen LogP contribution in [0.25, 0.3) is 0 Å². The zero-order valence-electron chi connectivity index (χ0n) is 7.39. The van der Waals surface area contributed by atoms with Gasteiger partial charge in [-0.2, -0.15) is 0 Å². The first kappa shape index (κ1) is 19.3. The summed E-state index contributed by atoms with van der Waals surface area (Å²) in [6, 6.07) is 0. The molecule has 0 unspecified atom stereocenters. The zero-order valence-corrected chi connectivity index (χ0v) is 13.1. The maximum absolute atomic E-state index is 9.44. The summed E-state index contributed by atoms with van der Waals surface area (Å²) in [7, 11) is -7.82. The first-order valence-corrected chi connectivity index (χ1v) is 6.15. The second-order valence-corrected chi connectivity index (χ2v) is 5.08. The molecule has 0 spiro atoms. The minimum atomic E-state index is -3.91. The van der Waals surface area contributed by atoms with Crippen LogP contribution in [0.1, 0.15) is 13.8 Å². The Labute approximate surface area is 98.4 Å². The fraction of sp³-hybridized carbons (Fsp3) is 1.00. The number of rotatable bonds is 2. The first-order valence-electron chi connectivity index (χ1n) is 2.99. The Hall–Kier alpha value is 0.742. The first-order chi connectivity index (χ1) is 5.12. The zero-order chi connectivity index (χ0) is 10.4. The maximum Gasteiger partial charge on any atom is 2.00 e. The SMILES string of the molecule is CCS(=O)(=O)[O-].CCS(=O)(=O)[O-].[Cd+2]. The molecule has 0 aliphatic heterocycles. The average molecular weight is 331 g/mol. The third-order valence-corrected chi connectivity index (χ3v) is 2.12. The van der Waals surface area contributed by atoms with Gasteiger partial charge in [0.2, 0.25) is 0 Å².